The number of amides is 1. The van der Waals surface area contributed by atoms with Gasteiger partial charge in [0.2, 0.25) is 5.91 Å². The Hall–Kier alpha value is -1.75. The Bertz CT molecular complexity index is 531. The maximum Gasteiger partial charge on any atom is 0.225 e. The Morgan fingerprint density at radius 2 is 2.09 bits per heavy atom. The molecule has 1 saturated carbocycles. The summed E-state index contributed by atoms with van der Waals surface area (Å²) in [6.07, 6.45) is 3.78. The van der Waals surface area contributed by atoms with Gasteiger partial charge in [-0.1, -0.05) is 25.0 Å². The first kappa shape index (κ1) is 17.6. The SMILES string of the molecule is COc1ccccc1OC(C)CNC(=O)C1CCCCC1(C)N. The molecule has 0 heterocycles. The second kappa shape index (κ2) is 7.68. The zero-order chi connectivity index (χ0) is 16.9. The van der Waals surface area contributed by atoms with Crippen LogP contribution in [0, 0.1) is 5.92 Å². The highest BCUT2D eigenvalue weighted by Crippen LogP contribution is 2.31. The van der Waals surface area contributed by atoms with Crippen LogP contribution in [0.2, 0.25) is 0 Å². The molecule has 1 aromatic rings. The predicted molar refractivity (Wildman–Crippen MR) is 90.6 cm³/mol. The van der Waals surface area contributed by atoms with Gasteiger partial charge in [-0.05, 0) is 38.8 Å². The van der Waals surface area contributed by atoms with E-state index in [1.54, 1.807) is 7.11 Å². The minimum Gasteiger partial charge on any atom is -0.493 e. The van der Waals surface area contributed by atoms with E-state index >= 15 is 0 Å². The lowest BCUT2D eigenvalue weighted by Crippen LogP contribution is -2.53. The summed E-state index contributed by atoms with van der Waals surface area (Å²) < 4.78 is 11.1. The number of rotatable bonds is 6. The third-order valence-corrected chi connectivity index (χ3v) is 4.53. The number of ether oxygens (including phenoxy) is 2. The summed E-state index contributed by atoms with van der Waals surface area (Å²) in [7, 11) is 1.61. The number of nitrogens with two attached hydrogens (primary N) is 1. The van der Waals surface area contributed by atoms with Crippen molar-refractivity contribution >= 4 is 5.91 Å². The standard InChI is InChI=1S/C18H28N2O3/c1-13(23-16-10-5-4-9-15(16)22-3)12-20-17(21)14-8-6-7-11-18(14,2)19/h4-5,9-10,13-14H,6-8,11-12,19H2,1-3H3,(H,20,21). The van der Waals surface area contributed by atoms with Crippen molar-refractivity contribution in [2.75, 3.05) is 13.7 Å². The molecule has 0 spiro atoms. The molecule has 5 heteroatoms. The lowest BCUT2D eigenvalue weighted by molar-refractivity contribution is -0.128. The molecule has 0 aliphatic heterocycles. The van der Waals surface area contributed by atoms with Crippen molar-refractivity contribution in [3.63, 3.8) is 0 Å². The predicted octanol–water partition coefficient (Wildman–Crippen LogP) is 2.49. The first-order chi connectivity index (χ1) is 10.9. The van der Waals surface area contributed by atoms with Gasteiger partial charge in [0.05, 0.1) is 19.6 Å². The van der Waals surface area contributed by atoms with E-state index in [-0.39, 0.29) is 17.9 Å². The molecule has 2 rings (SSSR count). The van der Waals surface area contributed by atoms with Crippen LogP contribution in [0.25, 0.3) is 0 Å². The third kappa shape index (κ3) is 4.61. The lowest BCUT2D eigenvalue weighted by Gasteiger charge is -2.37. The number of carbonyl (C=O) groups excluding carboxylic acids is 1. The molecule has 1 fully saturated rings. The zero-order valence-electron chi connectivity index (χ0n) is 14.3. The lowest BCUT2D eigenvalue weighted by atomic mass is 9.74. The van der Waals surface area contributed by atoms with Gasteiger partial charge in [0.15, 0.2) is 11.5 Å². The van der Waals surface area contributed by atoms with Crippen molar-refractivity contribution in [2.24, 2.45) is 11.7 Å². The summed E-state index contributed by atoms with van der Waals surface area (Å²) >= 11 is 0. The first-order valence-corrected chi connectivity index (χ1v) is 8.30. The maximum absolute atomic E-state index is 12.4. The monoisotopic (exact) mass is 320 g/mol. The number of methoxy groups -OCH3 is 1. The van der Waals surface area contributed by atoms with Crippen LogP contribution >= 0.6 is 0 Å². The van der Waals surface area contributed by atoms with Gasteiger partial charge in [-0.3, -0.25) is 4.79 Å². The number of hydrogen-bond acceptors (Lipinski definition) is 4. The van der Waals surface area contributed by atoms with Gasteiger partial charge in [0.1, 0.15) is 6.10 Å². The highest BCUT2D eigenvalue weighted by molar-refractivity contribution is 5.80. The van der Waals surface area contributed by atoms with Crippen LogP contribution in [0.4, 0.5) is 0 Å². The van der Waals surface area contributed by atoms with Gasteiger partial charge in [0.25, 0.3) is 0 Å². The Balaban J connectivity index is 1.86. The molecule has 5 nitrogen and oxygen atoms in total. The summed E-state index contributed by atoms with van der Waals surface area (Å²) in [5.41, 5.74) is 5.87. The van der Waals surface area contributed by atoms with Gasteiger partial charge >= 0.3 is 0 Å². The topological polar surface area (TPSA) is 73.6 Å². The van der Waals surface area contributed by atoms with Crippen molar-refractivity contribution in [3.8, 4) is 11.5 Å². The van der Waals surface area contributed by atoms with Crippen LogP contribution in [0.5, 0.6) is 11.5 Å². The Morgan fingerprint density at radius 3 is 2.74 bits per heavy atom. The minimum absolute atomic E-state index is 0.0326. The smallest absolute Gasteiger partial charge is 0.225 e. The van der Waals surface area contributed by atoms with E-state index in [9.17, 15) is 4.79 Å². The number of nitrogens with one attached hydrogen (secondary N) is 1. The average Bonchev–Trinajstić information content (AvgIpc) is 2.52. The Morgan fingerprint density at radius 1 is 1.39 bits per heavy atom. The van der Waals surface area contributed by atoms with Crippen LogP contribution in [0.1, 0.15) is 39.5 Å². The van der Waals surface area contributed by atoms with Crippen LogP contribution in [-0.2, 0) is 4.79 Å². The van der Waals surface area contributed by atoms with Crippen LogP contribution in [-0.4, -0.2) is 31.2 Å². The fraction of sp³-hybridized carbons (Fsp3) is 0.611. The highest BCUT2D eigenvalue weighted by atomic mass is 16.5. The molecule has 1 aliphatic carbocycles. The van der Waals surface area contributed by atoms with E-state index in [2.05, 4.69) is 5.32 Å². The molecule has 0 aromatic heterocycles. The van der Waals surface area contributed by atoms with Crippen molar-refractivity contribution in [2.45, 2.75) is 51.2 Å². The van der Waals surface area contributed by atoms with Gasteiger partial charge < -0.3 is 20.5 Å². The molecule has 128 valence electrons. The normalized spacial score (nSPS) is 25.5. The molecule has 1 aliphatic rings. The molecule has 1 aromatic carbocycles. The molecule has 0 saturated heterocycles. The van der Waals surface area contributed by atoms with E-state index in [1.807, 2.05) is 38.1 Å². The second-order valence-corrected chi connectivity index (χ2v) is 6.63. The molecule has 23 heavy (non-hydrogen) atoms. The minimum atomic E-state index is -0.408. The fourth-order valence-electron chi connectivity index (χ4n) is 3.13. The number of para-hydroxylation sites is 2. The fourth-order valence-corrected chi connectivity index (χ4v) is 3.13. The Kier molecular flexibility index (Phi) is 5.88. The summed E-state index contributed by atoms with van der Waals surface area (Å²) in [4.78, 5) is 12.4. The second-order valence-electron chi connectivity index (χ2n) is 6.63. The van der Waals surface area contributed by atoms with Gasteiger partial charge in [-0.15, -0.1) is 0 Å². The van der Waals surface area contributed by atoms with Crippen LogP contribution in [0.3, 0.4) is 0 Å². The molecule has 0 bridgehead atoms. The van der Waals surface area contributed by atoms with Crippen molar-refractivity contribution in [1.29, 1.82) is 0 Å². The number of benzene rings is 1. The van der Waals surface area contributed by atoms with E-state index < -0.39 is 5.54 Å². The summed E-state index contributed by atoms with van der Waals surface area (Å²) in [6.45, 7) is 4.35. The van der Waals surface area contributed by atoms with E-state index in [0.29, 0.717) is 18.0 Å². The first-order valence-electron chi connectivity index (χ1n) is 8.30. The molecular weight excluding hydrogens is 292 g/mol. The highest BCUT2D eigenvalue weighted by Gasteiger charge is 2.37. The molecule has 3 N–H and O–H groups in total. The third-order valence-electron chi connectivity index (χ3n) is 4.53. The van der Waals surface area contributed by atoms with Crippen molar-refractivity contribution in [3.05, 3.63) is 24.3 Å². The molecular formula is C18H28N2O3. The van der Waals surface area contributed by atoms with E-state index in [0.717, 1.165) is 25.7 Å². The zero-order valence-corrected chi connectivity index (χ0v) is 14.3. The van der Waals surface area contributed by atoms with Crippen LogP contribution in [0.15, 0.2) is 24.3 Å². The number of hydrogen-bond donors (Lipinski definition) is 2. The largest absolute Gasteiger partial charge is 0.493 e. The van der Waals surface area contributed by atoms with Crippen LogP contribution < -0.4 is 20.5 Å². The maximum atomic E-state index is 12.4. The molecule has 0 radical (unpaired) electrons. The summed E-state index contributed by atoms with van der Waals surface area (Å²) in [5.74, 6) is 1.28. The Labute approximate surface area is 138 Å². The van der Waals surface area contributed by atoms with Crippen molar-refractivity contribution < 1.29 is 14.3 Å². The molecule has 1 amide bonds. The molecule has 3 unspecified atom stereocenters. The molecule has 3 atom stereocenters. The van der Waals surface area contributed by atoms with E-state index in [4.69, 9.17) is 15.2 Å². The summed E-state index contributed by atoms with van der Waals surface area (Å²) in [5, 5.41) is 2.98. The van der Waals surface area contributed by atoms with E-state index in [1.165, 1.54) is 0 Å². The number of carbonyl (C=O) groups is 1. The van der Waals surface area contributed by atoms with Crippen molar-refractivity contribution in [1.82, 2.24) is 5.32 Å². The van der Waals surface area contributed by atoms with Gasteiger partial charge in [0, 0.05) is 5.54 Å². The van der Waals surface area contributed by atoms with Gasteiger partial charge in [-0.2, -0.15) is 0 Å². The summed E-state index contributed by atoms with van der Waals surface area (Å²) in [6, 6.07) is 7.49. The average molecular weight is 320 g/mol. The van der Waals surface area contributed by atoms with Gasteiger partial charge in [-0.25, -0.2) is 0 Å². The quantitative estimate of drug-likeness (QED) is 0.844.